The third-order valence-electron chi connectivity index (χ3n) is 4.49. The second-order valence-electron chi connectivity index (χ2n) is 6.32. The van der Waals surface area contributed by atoms with Crippen molar-refractivity contribution >= 4 is 44.9 Å². The summed E-state index contributed by atoms with van der Waals surface area (Å²) >= 11 is 10.0. The summed E-state index contributed by atoms with van der Waals surface area (Å²) in [6, 6.07) is 8.61. The first-order chi connectivity index (χ1) is 11.7. The Morgan fingerprint density at radius 2 is 1.88 bits per heavy atom. The number of nitrogens with zero attached hydrogens (tertiary/aromatic N) is 2. The molecular formula is C19H19ClN2S2. The second-order valence-corrected chi connectivity index (χ2v) is 8.70. The lowest BCUT2D eigenvalue weighted by Crippen LogP contribution is -1.91. The van der Waals surface area contributed by atoms with Gasteiger partial charge >= 0.3 is 0 Å². The minimum absolute atomic E-state index is 0.630. The van der Waals surface area contributed by atoms with Crippen molar-refractivity contribution in [3.8, 4) is 0 Å². The van der Waals surface area contributed by atoms with Crippen LogP contribution in [0.25, 0.3) is 10.2 Å². The number of rotatable bonds is 3. The lowest BCUT2D eigenvalue weighted by Gasteiger charge is -2.04. The summed E-state index contributed by atoms with van der Waals surface area (Å²) in [6.07, 6.45) is 6.12. The number of thiophene rings is 1. The zero-order chi connectivity index (χ0) is 16.5. The number of fused-ring (bicyclic) bond motifs is 3. The molecule has 0 atom stereocenters. The Bertz CT molecular complexity index is 871. The van der Waals surface area contributed by atoms with Gasteiger partial charge in [-0.3, -0.25) is 0 Å². The first-order valence-corrected chi connectivity index (χ1v) is 10.5. The van der Waals surface area contributed by atoms with E-state index < -0.39 is 0 Å². The van der Waals surface area contributed by atoms with Gasteiger partial charge in [-0.25, -0.2) is 9.97 Å². The highest BCUT2D eigenvalue weighted by molar-refractivity contribution is 7.98. The van der Waals surface area contributed by atoms with E-state index in [1.54, 1.807) is 11.8 Å². The molecule has 0 aliphatic heterocycles. The Labute approximate surface area is 155 Å². The number of halogens is 1. The Hall–Kier alpha value is -1.10. The standard InChI is InChI=1S/C19H19ClN2S2/c1-12-7-9-13(10-8-12)11-23-19-21-17(20)16-14-5-3-2-4-6-15(14)24-18(16)22-19/h7-10H,2-6,11H2,1H3. The quantitative estimate of drug-likeness (QED) is 0.236. The molecule has 2 aromatic heterocycles. The van der Waals surface area contributed by atoms with Crippen molar-refractivity contribution in [1.82, 2.24) is 9.97 Å². The highest BCUT2D eigenvalue weighted by Gasteiger charge is 2.19. The van der Waals surface area contributed by atoms with Crippen LogP contribution >= 0.6 is 34.7 Å². The van der Waals surface area contributed by atoms with Crippen molar-refractivity contribution in [2.75, 3.05) is 0 Å². The number of thioether (sulfide) groups is 1. The van der Waals surface area contributed by atoms with Crippen LogP contribution in [0.2, 0.25) is 5.15 Å². The Morgan fingerprint density at radius 1 is 1.08 bits per heavy atom. The summed E-state index contributed by atoms with van der Waals surface area (Å²) < 4.78 is 0. The molecule has 0 bridgehead atoms. The Kier molecular flexibility index (Phi) is 4.79. The zero-order valence-corrected chi connectivity index (χ0v) is 16.0. The predicted octanol–water partition coefficient (Wildman–Crippen LogP) is 6.21. The van der Waals surface area contributed by atoms with Crippen LogP contribution < -0.4 is 0 Å². The molecule has 2 heterocycles. The van der Waals surface area contributed by atoms with E-state index in [9.17, 15) is 0 Å². The van der Waals surface area contributed by atoms with Crippen LogP contribution in [-0.4, -0.2) is 9.97 Å². The van der Waals surface area contributed by atoms with Gasteiger partial charge in [0.2, 0.25) is 0 Å². The second kappa shape index (κ2) is 7.03. The monoisotopic (exact) mass is 374 g/mol. The first-order valence-electron chi connectivity index (χ1n) is 8.37. The maximum atomic E-state index is 6.54. The van der Waals surface area contributed by atoms with Crippen LogP contribution in [0.5, 0.6) is 0 Å². The van der Waals surface area contributed by atoms with Crippen molar-refractivity contribution in [1.29, 1.82) is 0 Å². The Morgan fingerprint density at radius 3 is 2.71 bits per heavy atom. The van der Waals surface area contributed by atoms with Gasteiger partial charge in [0, 0.05) is 10.6 Å². The van der Waals surface area contributed by atoms with Gasteiger partial charge in [0.15, 0.2) is 5.16 Å². The maximum absolute atomic E-state index is 6.54. The smallest absolute Gasteiger partial charge is 0.190 e. The molecule has 24 heavy (non-hydrogen) atoms. The zero-order valence-electron chi connectivity index (χ0n) is 13.6. The summed E-state index contributed by atoms with van der Waals surface area (Å²) in [6.45, 7) is 2.11. The van der Waals surface area contributed by atoms with E-state index in [4.69, 9.17) is 16.6 Å². The molecule has 4 rings (SSSR count). The fraction of sp³-hybridized carbons (Fsp3) is 0.368. The molecule has 5 heteroatoms. The molecule has 0 amide bonds. The molecule has 0 spiro atoms. The molecule has 3 aromatic rings. The van der Waals surface area contributed by atoms with Crippen LogP contribution in [0.4, 0.5) is 0 Å². The van der Waals surface area contributed by atoms with Crippen molar-refractivity contribution in [2.24, 2.45) is 0 Å². The van der Waals surface area contributed by atoms with E-state index in [0.29, 0.717) is 5.15 Å². The molecule has 0 radical (unpaired) electrons. The van der Waals surface area contributed by atoms with Gasteiger partial charge in [-0.2, -0.15) is 0 Å². The van der Waals surface area contributed by atoms with Crippen molar-refractivity contribution in [3.63, 3.8) is 0 Å². The van der Waals surface area contributed by atoms with Crippen LogP contribution in [0, 0.1) is 6.92 Å². The van der Waals surface area contributed by atoms with E-state index >= 15 is 0 Å². The van der Waals surface area contributed by atoms with Gasteiger partial charge in [0.25, 0.3) is 0 Å². The molecule has 1 aromatic carbocycles. The molecular weight excluding hydrogens is 356 g/mol. The van der Waals surface area contributed by atoms with Crippen LogP contribution in [0.15, 0.2) is 29.4 Å². The van der Waals surface area contributed by atoms with Crippen LogP contribution in [0.1, 0.15) is 40.8 Å². The highest BCUT2D eigenvalue weighted by Crippen LogP contribution is 2.38. The molecule has 0 saturated carbocycles. The first kappa shape index (κ1) is 16.4. The van der Waals surface area contributed by atoms with Gasteiger partial charge in [0.1, 0.15) is 9.98 Å². The molecule has 0 fully saturated rings. The minimum atomic E-state index is 0.630. The average molecular weight is 375 g/mol. The van der Waals surface area contributed by atoms with Gasteiger partial charge in [-0.1, -0.05) is 59.6 Å². The number of hydrogen-bond donors (Lipinski definition) is 0. The molecule has 0 saturated heterocycles. The molecule has 124 valence electrons. The number of hydrogen-bond acceptors (Lipinski definition) is 4. The number of benzene rings is 1. The van der Waals surface area contributed by atoms with Gasteiger partial charge in [0.05, 0.1) is 5.39 Å². The SMILES string of the molecule is Cc1ccc(CSc2nc(Cl)c3c4c(sc3n2)CCCCC4)cc1. The third-order valence-corrected chi connectivity index (χ3v) is 6.87. The fourth-order valence-electron chi connectivity index (χ4n) is 3.17. The molecule has 0 unspecified atom stereocenters. The fourth-order valence-corrected chi connectivity index (χ4v) is 5.68. The van der Waals surface area contributed by atoms with Gasteiger partial charge in [-0.05, 0) is 43.7 Å². The predicted molar refractivity (Wildman–Crippen MR) is 104 cm³/mol. The minimum Gasteiger partial charge on any atom is -0.211 e. The van der Waals surface area contributed by atoms with Crippen LogP contribution in [-0.2, 0) is 18.6 Å². The van der Waals surface area contributed by atoms with Crippen molar-refractivity contribution in [2.45, 2.75) is 49.9 Å². The highest BCUT2D eigenvalue weighted by atomic mass is 35.5. The molecule has 1 aliphatic carbocycles. The maximum Gasteiger partial charge on any atom is 0.190 e. The van der Waals surface area contributed by atoms with E-state index in [0.717, 1.165) is 27.5 Å². The van der Waals surface area contributed by atoms with Crippen molar-refractivity contribution in [3.05, 3.63) is 51.0 Å². The average Bonchev–Trinajstić information content (AvgIpc) is 2.76. The van der Waals surface area contributed by atoms with Gasteiger partial charge < -0.3 is 0 Å². The van der Waals surface area contributed by atoms with E-state index in [2.05, 4.69) is 36.2 Å². The number of aromatic nitrogens is 2. The van der Waals surface area contributed by atoms with Gasteiger partial charge in [-0.15, -0.1) is 11.3 Å². The number of aryl methyl sites for hydroxylation is 3. The largest absolute Gasteiger partial charge is 0.211 e. The topological polar surface area (TPSA) is 25.8 Å². The third kappa shape index (κ3) is 3.32. The summed E-state index contributed by atoms with van der Waals surface area (Å²) in [5.74, 6) is 0.868. The summed E-state index contributed by atoms with van der Waals surface area (Å²) in [5, 5.41) is 2.52. The summed E-state index contributed by atoms with van der Waals surface area (Å²) in [5.41, 5.74) is 3.98. The van der Waals surface area contributed by atoms with Crippen LogP contribution in [0.3, 0.4) is 0 Å². The van der Waals surface area contributed by atoms with E-state index in [1.165, 1.54) is 47.3 Å². The lowest BCUT2D eigenvalue weighted by molar-refractivity contribution is 0.713. The Balaban J connectivity index is 1.62. The molecule has 1 aliphatic rings. The molecule has 0 N–H and O–H groups in total. The van der Waals surface area contributed by atoms with Crippen molar-refractivity contribution < 1.29 is 0 Å². The summed E-state index contributed by atoms with van der Waals surface area (Å²) in [7, 11) is 0. The normalized spacial score (nSPS) is 14.6. The summed E-state index contributed by atoms with van der Waals surface area (Å²) in [4.78, 5) is 11.9. The van der Waals surface area contributed by atoms with E-state index in [-0.39, 0.29) is 0 Å². The lowest BCUT2D eigenvalue weighted by atomic mass is 10.1. The molecule has 2 nitrogen and oxygen atoms in total. The van der Waals surface area contributed by atoms with E-state index in [1.807, 2.05) is 11.3 Å².